The van der Waals surface area contributed by atoms with Crippen LogP contribution in [0.3, 0.4) is 0 Å². The zero-order valence-electron chi connectivity index (χ0n) is 19.1. The molecule has 5 aromatic rings. The fourth-order valence-electron chi connectivity index (χ4n) is 4.07. The van der Waals surface area contributed by atoms with Gasteiger partial charge in [-0.25, -0.2) is 4.98 Å². The van der Waals surface area contributed by atoms with Crippen molar-refractivity contribution in [3.63, 3.8) is 0 Å². The molecular formula is C28H23N3O2S. The third kappa shape index (κ3) is 3.93. The predicted molar refractivity (Wildman–Crippen MR) is 138 cm³/mol. The molecule has 0 radical (unpaired) electrons. The lowest BCUT2D eigenvalue weighted by atomic mass is 10.1. The number of fused-ring (bicyclic) bond motifs is 1. The first-order valence-electron chi connectivity index (χ1n) is 11.0. The Morgan fingerprint density at radius 3 is 2.03 bits per heavy atom. The molecule has 0 N–H and O–H groups in total. The molecule has 3 aromatic carbocycles. The molecule has 0 saturated heterocycles. The first-order chi connectivity index (χ1) is 16.4. The van der Waals surface area contributed by atoms with Crippen LogP contribution in [0.2, 0.25) is 0 Å². The standard InChI is InChI=1S/C28H23N3O2S/c1-18-8-9-19(2)30(18)23-16-12-22(13-17-23)27(33)31(24-14-10-21(11-15-24)20(3)32)28-29-25-6-4-5-7-26(25)34-28/h4-17H,1-3H3. The molecule has 0 atom stereocenters. The number of thiazole rings is 1. The van der Waals surface area contributed by atoms with Gasteiger partial charge in [0.25, 0.3) is 5.91 Å². The number of amides is 1. The van der Waals surface area contributed by atoms with Gasteiger partial charge in [0.1, 0.15) is 0 Å². The van der Waals surface area contributed by atoms with Crippen molar-refractivity contribution in [3.8, 4) is 5.69 Å². The minimum Gasteiger partial charge on any atom is -0.319 e. The van der Waals surface area contributed by atoms with Gasteiger partial charge in [0, 0.05) is 28.2 Å². The number of hydrogen-bond donors (Lipinski definition) is 0. The van der Waals surface area contributed by atoms with Crippen LogP contribution >= 0.6 is 11.3 Å². The number of ketones is 1. The SMILES string of the molecule is CC(=O)c1ccc(N(C(=O)c2ccc(-n3c(C)ccc3C)cc2)c2nc3ccccc3s2)cc1. The molecule has 2 aromatic heterocycles. The number of anilines is 2. The number of benzene rings is 3. The summed E-state index contributed by atoms with van der Waals surface area (Å²) < 4.78 is 3.16. The summed E-state index contributed by atoms with van der Waals surface area (Å²) in [5.41, 5.74) is 5.94. The van der Waals surface area contributed by atoms with Crippen LogP contribution in [-0.2, 0) is 0 Å². The minimum absolute atomic E-state index is 0.0180. The fourth-order valence-corrected chi connectivity index (χ4v) is 5.06. The smallest absolute Gasteiger partial charge is 0.264 e. The van der Waals surface area contributed by atoms with Crippen molar-refractivity contribution in [1.29, 1.82) is 0 Å². The quantitative estimate of drug-likeness (QED) is 0.266. The van der Waals surface area contributed by atoms with Gasteiger partial charge < -0.3 is 4.57 Å². The maximum Gasteiger partial charge on any atom is 0.264 e. The first-order valence-corrected chi connectivity index (χ1v) is 11.8. The van der Waals surface area contributed by atoms with Crippen molar-refractivity contribution in [3.05, 3.63) is 107 Å². The van der Waals surface area contributed by atoms with Gasteiger partial charge in [-0.05, 0) is 93.6 Å². The Labute approximate surface area is 201 Å². The molecule has 0 fully saturated rings. The predicted octanol–water partition coefficient (Wildman–Crippen LogP) is 6.88. The van der Waals surface area contributed by atoms with E-state index in [1.165, 1.54) is 18.3 Å². The van der Waals surface area contributed by atoms with E-state index >= 15 is 0 Å². The van der Waals surface area contributed by atoms with Crippen molar-refractivity contribution < 1.29 is 9.59 Å². The molecular weight excluding hydrogens is 442 g/mol. The number of carbonyl (C=O) groups is 2. The molecule has 6 heteroatoms. The summed E-state index contributed by atoms with van der Waals surface area (Å²) >= 11 is 1.46. The molecule has 0 aliphatic rings. The Hall–Kier alpha value is -4.03. The summed E-state index contributed by atoms with van der Waals surface area (Å²) in [5.74, 6) is -0.197. The van der Waals surface area contributed by atoms with Crippen LogP contribution < -0.4 is 4.90 Å². The Kier molecular flexibility index (Phi) is 5.59. The van der Waals surface area contributed by atoms with Crippen LogP contribution in [0, 0.1) is 13.8 Å². The van der Waals surface area contributed by atoms with E-state index in [1.54, 1.807) is 29.2 Å². The van der Waals surface area contributed by atoms with E-state index in [1.807, 2.05) is 48.5 Å². The maximum absolute atomic E-state index is 13.8. The lowest BCUT2D eigenvalue weighted by molar-refractivity contribution is 0.0996. The second-order valence-corrected chi connectivity index (χ2v) is 9.22. The van der Waals surface area contributed by atoms with Crippen LogP contribution in [0.4, 0.5) is 10.8 Å². The maximum atomic E-state index is 13.8. The third-order valence-electron chi connectivity index (χ3n) is 5.85. The zero-order chi connectivity index (χ0) is 23.8. The fraction of sp³-hybridized carbons (Fsp3) is 0.107. The second kappa shape index (κ2) is 8.72. The van der Waals surface area contributed by atoms with E-state index in [4.69, 9.17) is 4.98 Å². The highest BCUT2D eigenvalue weighted by atomic mass is 32.1. The monoisotopic (exact) mass is 465 g/mol. The van der Waals surface area contributed by atoms with Crippen molar-refractivity contribution in [2.45, 2.75) is 20.8 Å². The lowest BCUT2D eigenvalue weighted by Gasteiger charge is -2.20. The van der Waals surface area contributed by atoms with Crippen LogP contribution in [0.25, 0.3) is 15.9 Å². The molecule has 34 heavy (non-hydrogen) atoms. The highest BCUT2D eigenvalue weighted by molar-refractivity contribution is 7.22. The van der Waals surface area contributed by atoms with Gasteiger partial charge in [0.2, 0.25) is 0 Å². The number of nitrogens with zero attached hydrogens (tertiary/aromatic N) is 3. The van der Waals surface area contributed by atoms with Crippen LogP contribution in [0.1, 0.15) is 39.0 Å². The van der Waals surface area contributed by atoms with Gasteiger partial charge in [-0.2, -0.15) is 0 Å². The Morgan fingerprint density at radius 2 is 1.41 bits per heavy atom. The van der Waals surface area contributed by atoms with Crippen LogP contribution in [0.15, 0.2) is 84.9 Å². The summed E-state index contributed by atoms with van der Waals surface area (Å²) in [6, 6.07) is 26.7. The molecule has 0 spiro atoms. The summed E-state index contributed by atoms with van der Waals surface area (Å²) in [4.78, 5) is 31.9. The van der Waals surface area contributed by atoms with Gasteiger partial charge in [0.15, 0.2) is 10.9 Å². The Balaban J connectivity index is 1.57. The summed E-state index contributed by atoms with van der Waals surface area (Å²) in [6.07, 6.45) is 0. The van der Waals surface area contributed by atoms with Crippen LogP contribution in [-0.4, -0.2) is 21.2 Å². The van der Waals surface area contributed by atoms with E-state index < -0.39 is 0 Å². The van der Waals surface area contributed by atoms with Crippen molar-refractivity contribution in [1.82, 2.24) is 9.55 Å². The van der Waals surface area contributed by atoms with E-state index in [0.29, 0.717) is 21.9 Å². The average molecular weight is 466 g/mol. The number of para-hydroxylation sites is 1. The van der Waals surface area contributed by atoms with Gasteiger partial charge in [0.05, 0.1) is 15.9 Å². The Morgan fingerprint density at radius 1 is 0.794 bits per heavy atom. The molecule has 5 rings (SSSR count). The third-order valence-corrected chi connectivity index (χ3v) is 6.87. The normalized spacial score (nSPS) is 11.0. The number of carbonyl (C=O) groups excluding carboxylic acids is 2. The van der Waals surface area contributed by atoms with Gasteiger partial charge in [-0.3, -0.25) is 14.5 Å². The van der Waals surface area contributed by atoms with E-state index in [2.05, 4.69) is 30.5 Å². The second-order valence-electron chi connectivity index (χ2n) is 8.21. The molecule has 1 amide bonds. The molecule has 168 valence electrons. The van der Waals surface area contributed by atoms with Gasteiger partial charge >= 0.3 is 0 Å². The zero-order valence-corrected chi connectivity index (χ0v) is 20.0. The highest BCUT2D eigenvalue weighted by Gasteiger charge is 2.23. The van der Waals surface area contributed by atoms with Gasteiger partial charge in [-0.1, -0.05) is 23.5 Å². The number of aromatic nitrogens is 2. The van der Waals surface area contributed by atoms with Crippen LogP contribution in [0.5, 0.6) is 0 Å². The largest absolute Gasteiger partial charge is 0.319 e. The molecule has 0 aliphatic carbocycles. The minimum atomic E-state index is -0.179. The number of rotatable bonds is 5. The highest BCUT2D eigenvalue weighted by Crippen LogP contribution is 2.35. The molecule has 0 aliphatic heterocycles. The van der Waals surface area contributed by atoms with E-state index in [-0.39, 0.29) is 11.7 Å². The molecule has 0 unspecified atom stereocenters. The summed E-state index contributed by atoms with van der Waals surface area (Å²) in [6.45, 7) is 5.65. The number of hydrogen-bond acceptors (Lipinski definition) is 4. The Bertz CT molecular complexity index is 1460. The molecule has 2 heterocycles. The van der Waals surface area contributed by atoms with Gasteiger partial charge in [-0.15, -0.1) is 0 Å². The van der Waals surface area contributed by atoms with Crippen molar-refractivity contribution in [2.75, 3.05) is 4.90 Å². The lowest BCUT2D eigenvalue weighted by Crippen LogP contribution is -2.26. The summed E-state index contributed by atoms with van der Waals surface area (Å²) in [5, 5.41) is 0.586. The molecule has 0 saturated carbocycles. The summed E-state index contributed by atoms with van der Waals surface area (Å²) in [7, 11) is 0. The first kappa shape index (κ1) is 21.8. The molecule has 0 bridgehead atoms. The number of aryl methyl sites for hydroxylation is 2. The molecule has 5 nitrogen and oxygen atoms in total. The van der Waals surface area contributed by atoms with E-state index in [0.717, 1.165) is 27.3 Å². The van der Waals surface area contributed by atoms with E-state index in [9.17, 15) is 9.59 Å². The van der Waals surface area contributed by atoms with Crippen molar-refractivity contribution >= 4 is 44.1 Å². The topological polar surface area (TPSA) is 55.2 Å². The average Bonchev–Trinajstić information content (AvgIpc) is 3.42. The number of Topliss-reactive ketones (excluding diaryl/α,β-unsaturated/α-hetero) is 1. The van der Waals surface area contributed by atoms with Crippen molar-refractivity contribution in [2.24, 2.45) is 0 Å².